The topological polar surface area (TPSA) is 46.4 Å². The van der Waals surface area contributed by atoms with Crippen LogP contribution in [0, 0.1) is 6.92 Å². The van der Waals surface area contributed by atoms with Gasteiger partial charge in [0.1, 0.15) is 0 Å². The zero-order valence-electron chi connectivity index (χ0n) is 12.2. The summed E-state index contributed by atoms with van der Waals surface area (Å²) in [7, 11) is 0. The molecule has 0 unspecified atom stereocenters. The van der Waals surface area contributed by atoms with E-state index < -0.39 is 0 Å². The van der Waals surface area contributed by atoms with Gasteiger partial charge in [-0.2, -0.15) is 0 Å². The van der Waals surface area contributed by atoms with E-state index in [4.69, 9.17) is 0 Å². The molecule has 0 atom stereocenters. The van der Waals surface area contributed by atoms with Crippen LogP contribution in [0.3, 0.4) is 0 Å². The summed E-state index contributed by atoms with van der Waals surface area (Å²) in [6.07, 6.45) is 0. The molecule has 1 amide bonds. The zero-order valence-corrected chi connectivity index (χ0v) is 13.0. The van der Waals surface area contributed by atoms with Crippen molar-refractivity contribution in [3.8, 4) is 11.3 Å². The molecule has 0 radical (unpaired) electrons. The standard InChI is InChI=1S/C15H19N3OS/c1-10(2)18-14(13-8-6-5-7-9-13)11(3)20-15(18)17-16-12(4)19/h5-10H,1-4H3,(H,16,19)/b17-15+. The van der Waals surface area contributed by atoms with E-state index in [-0.39, 0.29) is 11.9 Å². The van der Waals surface area contributed by atoms with Gasteiger partial charge in [0.25, 0.3) is 0 Å². The first-order valence-corrected chi connectivity index (χ1v) is 7.40. The molecule has 20 heavy (non-hydrogen) atoms. The van der Waals surface area contributed by atoms with Crippen molar-refractivity contribution in [2.24, 2.45) is 5.10 Å². The first-order chi connectivity index (χ1) is 9.50. The van der Waals surface area contributed by atoms with E-state index in [1.165, 1.54) is 17.4 Å². The smallest absolute Gasteiger partial charge is 0.237 e. The Morgan fingerprint density at radius 2 is 1.95 bits per heavy atom. The molecule has 1 aromatic carbocycles. The van der Waals surface area contributed by atoms with Gasteiger partial charge >= 0.3 is 0 Å². The summed E-state index contributed by atoms with van der Waals surface area (Å²) in [6, 6.07) is 10.5. The van der Waals surface area contributed by atoms with Crippen LogP contribution in [0.25, 0.3) is 11.3 Å². The fourth-order valence-corrected chi connectivity index (χ4v) is 3.20. The van der Waals surface area contributed by atoms with Crippen molar-refractivity contribution in [1.29, 1.82) is 0 Å². The second-order valence-corrected chi connectivity index (χ2v) is 6.08. The fourth-order valence-electron chi connectivity index (χ4n) is 2.12. The highest BCUT2D eigenvalue weighted by molar-refractivity contribution is 7.09. The third-order valence-electron chi connectivity index (χ3n) is 2.90. The van der Waals surface area contributed by atoms with Crippen LogP contribution in [0.2, 0.25) is 0 Å². The molecular formula is C15H19N3OS. The number of carbonyl (C=O) groups is 1. The Labute approximate surface area is 122 Å². The van der Waals surface area contributed by atoms with E-state index >= 15 is 0 Å². The fraction of sp³-hybridized carbons (Fsp3) is 0.333. The second-order valence-electron chi connectivity index (χ2n) is 4.90. The molecule has 5 heteroatoms. The minimum atomic E-state index is -0.160. The predicted octanol–water partition coefficient (Wildman–Crippen LogP) is 3.06. The maximum atomic E-state index is 11.1. The van der Waals surface area contributed by atoms with Crippen LogP contribution >= 0.6 is 11.3 Å². The SMILES string of the molecule is CC(=O)N/N=c1/sc(C)c(-c2ccccc2)n1C(C)C. The number of carbonyl (C=O) groups excluding carboxylic acids is 1. The van der Waals surface area contributed by atoms with E-state index in [0.717, 1.165) is 10.5 Å². The van der Waals surface area contributed by atoms with Crippen LogP contribution in [-0.4, -0.2) is 10.5 Å². The number of nitrogens with zero attached hydrogens (tertiary/aromatic N) is 2. The lowest BCUT2D eigenvalue weighted by atomic mass is 10.1. The number of amides is 1. The van der Waals surface area contributed by atoms with Gasteiger partial charge in [-0.25, -0.2) is 5.43 Å². The molecular weight excluding hydrogens is 270 g/mol. The van der Waals surface area contributed by atoms with E-state index in [1.54, 1.807) is 11.3 Å². The van der Waals surface area contributed by atoms with E-state index in [9.17, 15) is 4.79 Å². The summed E-state index contributed by atoms with van der Waals surface area (Å²) in [4.78, 5) is 13.1. The highest BCUT2D eigenvalue weighted by atomic mass is 32.1. The number of thiazole rings is 1. The summed E-state index contributed by atoms with van der Waals surface area (Å²) in [5, 5.41) is 4.22. The molecule has 0 fully saturated rings. The molecule has 0 aliphatic heterocycles. The van der Waals surface area contributed by atoms with Crippen molar-refractivity contribution in [1.82, 2.24) is 9.99 Å². The first-order valence-electron chi connectivity index (χ1n) is 6.58. The average molecular weight is 289 g/mol. The third kappa shape index (κ3) is 2.99. The quantitative estimate of drug-likeness (QED) is 0.867. The van der Waals surface area contributed by atoms with Crippen molar-refractivity contribution >= 4 is 17.2 Å². The van der Waals surface area contributed by atoms with Crippen LogP contribution in [0.4, 0.5) is 0 Å². The molecule has 1 aromatic heterocycles. The molecule has 4 nitrogen and oxygen atoms in total. The Hall–Kier alpha value is -1.88. The lowest BCUT2D eigenvalue weighted by molar-refractivity contribution is -0.119. The average Bonchev–Trinajstić information content (AvgIpc) is 2.74. The second kappa shape index (κ2) is 6.05. The van der Waals surface area contributed by atoms with Crippen LogP contribution in [0.1, 0.15) is 31.7 Å². The molecule has 1 heterocycles. The van der Waals surface area contributed by atoms with Crippen LogP contribution in [0.5, 0.6) is 0 Å². The maximum Gasteiger partial charge on any atom is 0.237 e. The molecule has 0 spiro atoms. The largest absolute Gasteiger partial charge is 0.312 e. The van der Waals surface area contributed by atoms with Crippen molar-refractivity contribution in [3.05, 3.63) is 40.0 Å². The van der Waals surface area contributed by atoms with E-state index in [2.05, 4.69) is 48.0 Å². The number of benzene rings is 1. The normalized spacial score (nSPS) is 11.9. The minimum Gasteiger partial charge on any atom is -0.312 e. The number of hydrogen-bond donors (Lipinski definition) is 1. The molecule has 0 bridgehead atoms. The van der Waals surface area contributed by atoms with Gasteiger partial charge in [-0.15, -0.1) is 5.10 Å². The number of nitrogens with one attached hydrogen (secondary N) is 1. The van der Waals surface area contributed by atoms with E-state index in [0.29, 0.717) is 0 Å². The molecule has 2 aromatic rings. The highest BCUT2D eigenvalue weighted by Gasteiger charge is 2.14. The van der Waals surface area contributed by atoms with Gasteiger partial charge in [0.15, 0.2) is 0 Å². The van der Waals surface area contributed by atoms with Crippen molar-refractivity contribution in [2.75, 3.05) is 0 Å². The van der Waals surface area contributed by atoms with Crippen LogP contribution < -0.4 is 10.2 Å². The monoisotopic (exact) mass is 289 g/mol. The number of rotatable bonds is 3. The molecule has 106 valence electrons. The van der Waals surface area contributed by atoms with E-state index in [1.807, 2.05) is 18.2 Å². The minimum absolute atomic E-state index is 0.160. The van der Waals surface area contributed by atoms with Crippen molar-refractivity contribution in [3.63, 3.8) is 0 Å². The third-order valence-corrected chi connectivity index (χ3v) is 3.87. The van der Waals surface area contributed by atoms with Gasteiger partial charge < -0.3 is 4.57 Å². The lowest BCUT2D eigenvalue weighted by Gasteiger charge is -2.13. The van der Waals surface area contributed by atoms with Gasteiger partial charge in [-0.3, -0.25) is 4.79 Å². The van der Waals surface area contributed by atoms with Crippen LogP contribution in [-0.2, 0) is 4.79 Å². The molecule has 2 rings (SSSR count). The summed E-state index contributed by atoms with van der Waals surface area (Å²) in [5.41, 5.74) is 4.85. The van der Waals surface area contributed by atoms with Gasteiger partial charge in [-0.1, -0.05) is 41.7 Å². The Morgan fingerprint density at radius 3 is 2.50 bits per heavy atom. The molecule has 0 saturated heterocycles. The number of hydrogen-bond acceptors (Lipinski definition) is 3. The first kappa shape index (κ1) is 14.5. The highest BCUT2D eigenvalue weighted by Crippen LogP contribution is 2.27. The molecule has 0 aliphatic rings. The Balaban J connectivity index is 2.64. The van der Waals surface area contributed by atoms with Gasteiger partial charge in [0.05, 0.1) is 5.69 Å². The number of aromatic nitrogens is 1. The number of aryl methyl sites for hydroxylation is 1. The summed E-state index contributed by atoms with van der Waals surface area (Å²) >= 11 is 1.59. The Bertz CT molecular complexity index is 668. The summed E-state index contributed by atoms with van der Waals surface area (Å²) in [5.74, 6) is -0.160. The van der Waals surface area contributed by atoms with Crippen LogP contribution in [0.15, 0.2) is 35.4 Å². The molecule has 1 N–H and O–H groups in total. The maximum absolute atomic E-state index is 11.1. The van der Waals surface area contributed by atoms with Gasteiger partial charge in [0.2, 0.25) is 10.7 Å². The molecule has 0 saturated carbocycles. The van der Waals surface area contributed by atoms with Gasteiger partial charge in [-0.05, 0) is 26.3 Å². The van der Waals surface area contributed by atoms with Gasteiger partial charge in [0, 0.05) is 17.8 Å². The summed E-state index contributed by atoms with van der Waals surface area (Å²) < 4.78 is 2.16. The molecule has 0 aliphatic carbocycles. The predicted molar refractivity (Wildman–Crippen MR) is 82.2 cm³/mol. The Kier molecular flexibility index (Phi) is 4.39. The van der Waals surface area contributed by atoms with Crippen molar-refractivity contribution < 1.29 is 4.79 Å². The zero-order chi connectivity index (χ0) is 14.7. The lowest BCUT2D eigenvalue weighted by Crippen LogP contribution is -2.24. The Morgan fingerprint density at radius 1 is 1.30 bits per heavy atom. The van der Waals surface area contributed by atoms with Crippen molar-refractivity contribution in [2.45, 2.75) is 33.7 Å². The summed E-state index contributed by atoms with van der Waals surface area (Å²) in [6.45, 7) is 7.78.